The van der Waals surface area contributed by atoms with Crippen LogP contribution in [0.2, 0.25) is 0 Å². The van der Waals surface area contributed by atoms with Crippen molar-refractivity contribution in [2.75, 3.05) is 33.3 Å². The first-order valence-corrected chi connectivity index (χ1v) is 7.03. The Morgan fingerprint density at radius 2 is 2.24 bits per heavy atom. The van der Waals surface area contributed by atoms with Crippen LogP contribution in [0.3, 0.4) is 0 Å². The van der Waals surface area contributed by atoms with E-state index in [-0.39, 0.29) is 12.0 Å². The lowest BCUT2D eigenvalue weighted by molar-refractivity contribution is 0.0102. The van der Waals surface area contributed by atoms with Gasteiger partial charge in [-0.2, -0.15) is 0 Å². The first-order valence-electron chi connectivity index (χ1n) is 7.03. The summed E-state index contributed by atoms with van der Waals surface area (Å²) in [6.45, 7) is 2.86. The van der Waals surface area contributed by atoms with Crippen LogP contribution in [0.15, 0.2) is 30.5 Å². The van der Waals surface area contributed by atoms with Crippen molar-refractivity contribution in [3.8, 4) is 0 Å². The number of carbonyl (C=O) groups excluding carboxylic acids is 1. The van der Waals surface area contributed by atoms with Crippen molar-refractivity contribution in [3.63, 3.8) is 0 Å². The van der Waals surface area contributed by atoms with E-state index in [4.69, 9.17) is 4.74 Å². The molecule has 1 aromatic heterocycles. The fourth-order valence-electron chi connectivity index (χ4n) is 2.38. The quantitative estimate of drug-likeness (QED) is 0.899. The molecular formula is C15H18N4O2. The first-order chi connectivity index (χ1) is 10.2. The van der Waals surface area contributed by atoms with Gasteiger partial charge in [-0.25, -0.2) is 4.98 Å². The molecule has 1 fully saturated rings. The van der Waals surface area contributed by atoms with Crippen molar-refractivity contribution < 1.29 is 9.53 Å². The Balaban J connectivity index is 1.72. The Morgan fingerprint density at radius 3 is 3.00 bits per heavy atom. The number of likely N-dealkylation sites (N-methyl/N-ethyl adjacent to an activating group) is 1. The number of nitrogens with one attached hydrogen (secondary N) is 1. The number of hydrogen-bond acceptors (Lipinski definition) is 5. The molecule has 1 aliphatic heterocycles. The maximum atomic E-state index is 12.4. The van der Waals surface area contributed by atoms with Gasteiger partial charge in [-0.3, -0.25) is 9.78 Å². The topological polar surface area (TPSA) is 67.3 Å². The third kappa shape index (κ3) is 3.17. The van der Waals surface area contributed by atoms with Crippen LogP contribution in [0.1, 0.15) is 10.5 Å². The smallest absolute Gasteiger partial charge is 0.273 e. The van der Waals surface area contributed by atoms with E-state index in [2.05, 4.69) is 15.3 Å². The van der Waals surface area contributed by atoms with Crippen LogP contribution in [-0.2, 0) is 4.74 Å². The fourth-order valence-corrected chi connectivity index (χ4v) is 2.38. The molecule has 1 N–H and O–H groups in total. The van der Waals surface area contributed by atoms with Crippen molar-refractivity contribution in [1.29, 1.82) is 0 Å². The molecule has 6 heteroatoms. The van der Waals surface area contributed by atoms with Gasteiger partial charge in [0.05, 0.1) is 29.9 Å². The summed E-state index contributed by atoms with van der Waals surface area (Å²) in [5.74, 6) is -0.137. The van der Waals surface area contributed by atoms with Gasteiger partial charge in [0, 0.05) is 26.7 Å². The highest BCUT2D eigenvalue weighted by Gasteiger charge is 2.20. The number of aromatic nitrogens is 2. The van der Waals surface area contributed by atoms with Gasteiger partial charge in [0.15, 0.2) is 0 Å². The second-order valence-electron chi connectivity index (χ2n) is 5.13. The lowest BCUT2D eigenvalue weighted by atomic mass is 10.2. The molecule has 1 atom stereocenters. The Kier molecular flexibility index (Phi) is 4.08. The molecule has 1 unspecified atom stereocenters. The molecule has 0 saturated carbocycles. The molecule has 0 spiro atoms. The van der Waals surface area contributed by atoms with Crippen LogP contribution in [0, 0.1) is 0 Å². The molecule has 3 rings (SSSR count). The highest BCUT2D eigenvalue weighted by molar-refractivity contribution is 5.93. The zero-order valence-corrected chi connectivity index (χ0v) is 12.0. The van der Waals surface area contributed by atoms with Gasteiger partial charge in [-0.15, -0.1) is 0 Å². The van der Waals surface area contributed by atoms with E-state index in [1.807, 2.05) is 24.3 Å². The minimum atomic E-state index is -0.137. The number of benzene rings is 1. The van der Waals surface area contributed by atoms with Gasteiger partial charge in [0.1, 0.15) is 5.69 Å². The van der Waals surface area contributed by atoms with E-state index in [1.54, 1.807) is 11.9 Å². The Bertz CT molecular complexity index is 640. The Hall–Kier alpha value is -2.05. The Labute approximate surface area is 123 Å². The molecule has 2 heterocycles. The van der Waals surface area contributed by atoms with Gasteiger partial charge in [0.25, 0.3) is 5.91 Å². The predicted octanol–water partition coefficient (Wildman–Crippen LogP) is 0.690. The summed E-state index contributed by atoms with van der Waals surface area (Å²) >= 11 is 0. The standard InChI is InChI=1S/C15H18N4O2/c1-19(10-11-8-16-6-7-21-11)15(20)14-9-17-12-4-2-3-5-13(12)18-14/h2-5,9,11,16H,6-8,10H2,1H3. The zero-order valence-electron chi connectivity index (χ0n) is 12.0. The molecule has 110 valence electrons. The van der Waals surface area contributed by atoms with Crippen LogP contribution < -0.4 is 5.32 Å². The third-order valence-electron chi connectivity index (χ3n) is 3.50. The number of nitrogens with zero attached hydrogens (tertiary/aromatic N) is 3. The number of carbonyl (C=O) groups is 1. The molecule has 1 saturated heterocycles. The molecule has 6 nitrogen and oxygen atoms in total. The van der Waals surface area contributed by atoms with E-state index >= 15 is 0 Å². The van der Waals surface area contributed by atoms with Crippen molar-refractivity contribution in [1.82, 2.24) is 20.2 Å². The average molecular weight is 286 g/mol. The molecule has 1 aromatic carbocycles. The second-order valence-corrected chi connectivity index (χ2v) is 5.13. The van der Waals surface area contributed by atoms with E-state index in [0.29, 0.717) is 18.8 Å². The number of rotatable bonds is 3. The lowest BCUT2D eigenvalue weighted by Crippen LogP contribution is -2.45. The zero-order chi connectivity index (χ0) is 14.7. The van der Waals surface area contributed by atoms with Crippen molar-refractivity contribution >= 4 is 16.9 Å². The van der Waals surface area contributed by atoms with E-state index in [9.17, 15) is 4.79 Å². The number of ether oxygens (including phenoxy) is 1. The summed E-state index contributed by atoms with van der Waals surface area (Å²) < 4.78 is 5.61. The number of fused-ring (bicyclic) bond motifs is 1. The van der Waals surface area contributed by atoms with Crippen LogP contribution in [0.25, 0.3) is 11.0 Å². The van der Waals surface area contributed by atoms with Gasteiger partial charge < -0.3 is 15.0 Å². The Morgan fingerprint density at radius 1 is 1.43 bits per heavy atom. The van der Waals surface area contributed by atoms with E-state index in [1.165, 1.54) is 6.20 Å². The third-order valence-corrected chi connectivity index (χ3v) is 3.50. The highest BCUT2D eigenvalue weighted by Crippen LogP contribution is 2.10. The molecule has 0 aliphatic carbocycles. The van der Waals surface area contributed by atoms with Crippen LogP contribution in [0.4, 0.5) is 0 Å². The first kappa shape index (κ1) is 13.9. The molecule has 1 amide bonds. The summed E-state index contributed by atoms with van der Waals surface area (Å²) in [5.41, 5.74) is 1.88. The normalized spacial score (nSPS) is 18.6. The maximum Gasteiger partial charge on any atom is 0.273 e. The number of amides is 1. The summed E-state index contributed by atoms with van der Waals surface area (Å²) in [7, 11) is 1.76. The van der Waals surface area contributed by atoms with Gasteiger partial charge in [-0.05, 0) is 12.1 Å². The summed E-state index contributed by atoms with van der Waals surface area (Å²) in [6.07, 6.45) is 1.56. The SMILES string of the molecule is CN(CC1CNCCO1)C(=O)c1cnc2ccccc2n1. The van der Waals surface area contributed by atoms with Crippen molar-refractivity contribution in [2.24, 2.45) is 0 Å². The number of morpholine rings is 1. The van der Waals surface area contributed by atoms with E-state index in [0.717, 1.165) is 24.1 Å². The van der Waals surface area contributed by atoms with Crippen molar-refractivity contribution in [3.05, 3.63) is 36.2 Å². The molecule has 0 bridgehead atoms. The number of hydrogen-bond donors (Lipinski definition) is 1. The van der Waals surface area contributed by atoms with Gasteiger partial charge >= 0.3 is 0 Å². The largest absolute Gasteiger partial charge is 0.374 e. The lowest BCUT2D eigenvalue weighted by Gasteiger charge is -2.27. The second kappa shape index (κ2) is 6.15. The molecule has 1 aliphatic rings. The van der Waals surface area contributed by atoms with E-state index < -0.39 is 0 Å². The van der Waals surface area contributed by atoms with Crippen molar-refractivity contribution in [2.45, 2.75) is 6.10 Å². The summed E-state index contributed by atoms with van der Waals surface area (Å²) in [6, 6.07) is 7.52. The monoisotopic (exact) mass is 286 g/mol. The maximum absolute atomic E-state index is 12.4. The number of para-hydroxylation sites is 2. The molecule has 21 heavy (non-hydrogen) atoms. The predicted molar refractivity (Wildman–Crippen MR) is 79.1 cm³/mol. The van der Waals surface area contributed by atoms with Crippen LogP contribution >= 0.6 is 0 Å². The molecule has 2 aromatic rings. The van der Waals surface area contributed by atoms with Gasteiger partial charge in [-0.1, -0.05) is 12.1 Å². The summed E-state index contributed by atoms with van der Waals surface area (Å²) in [5, 5.41) is 3.25. The summed E-state index contributed by atoms with van der Waals surface area (Å²) in [4.78, 5) is 22.7. The average Bonchev–Trinajstić information content (AvgIpc) is 2.54. The minimum Gasteiger partial charge on any atom is -0.374 e. The molecular weight excluding hydrogens is 268 g/mol. The minimum absolute atomic E-state index is 0.0288. The van der Waals surface area contributed by atoms with Gasteiger partial charge in [0.2, 0.25) is 0 Å². The molecule has 0 radical (unpaired) electrons. The highest BCUT2D eigenvalue weighted by atomic mass is 16.5. The van der Waals surface area contributed by atoms with Crippen LogP contribution in [0.5, 0.6) is 0 Å². The fraction of sp³-hybridized carbons (Fsp3) is 0.400. The van der Waals surface area contributed by atoms with Crippen LogP contribution in [-0.4, -0.2) is 60.2 Å².